The van der Waals surface area contributed by atoms with E-state index in [9.17, 15) is 8.78 Å². The van der Waals surface area contributed by atoms with Gasteiger partial charge in [0.2, 0.25) is 0 Å². The molecule has 1 atom stereocenters. The van der Waals surface area contributed by atoms with E-state index in [1.165, 1.54) is 0 Å². The fraction of sp³-hybridized carbons (Fsp3) is 0.538. The minimum absolute atomic E-state index is 0.129. The molecule has 1 aromatic carbocycles. The molecule has 16 heavy (non-hydrogen) atoms. The molecule has 0 aliphatic rings. The van der Waals surface area contributed by atoms with Gasteiger partial charge in [-0.1, -0.05) is 48.8 Å². The van der Waals surface area contributed by atoms with Crippen LogP contribution in [0.15, 0.2) is 18.2 Å². The van der Waals surface area contributed by atoms with Crippen LogP contribution in [-0.2, 0) is 6.42 Å². The van der Waals surface area contributed by atoms with Gasteiger partial charge in [-0.05, 0) is 29.9 Å². The topological polar surface area (TPSA) is 0 Å². The average Bonchev–Trinajstić information content (AvgIpc) is 2.18. The van der Waals surface area contributed by atoms with Gasteiger partial charge in [-0.3, -0.25) is 0 Å². The highest BCUT2D eigenvalue weighted by molar-refractivity contribution is 9.09. The lowest BCUT2D eigenvalue weighted by Gasteiger charge is -2.25. The van der Waals surface area contributed by atoms with Crippen LogP contribution in [0.4, 0.5) is 8.78 Å². The standard InChI is InChI=1S/C13H17BrF2/c1-13(2,3)11(14)8-7-9-5-4-6-10(15)12(9)16/h4-6,11H,7-8H2,1-3H3. The third-order valence-corrected chi connectivity index (χ3v) is 4.47. The highest BCUT2D eigenvalue weighted by atomic mass is 79.9. The summed E-state index contributed by atoms with van der Waals surface area (Å²) in [6, 6.07) is 4.34. The van der Waals surface area contributed by atoms with Crippen molar-refractivity contribution in [3.63, 3.8) is 0 Å². The second kappa shape index (κ2) is 5.26. The van der Waals surface area contributed by atoms with Gasteiger partial charge in [0.1, 0.15) is 0 Å². The van der Waals surface area contributed by atoms with Crippen LogP contribution in [-0.4, -0.2) is 4.83 Å². The van der Waals surface area contributed by atoms with Gasteiger partial charge >= 0.3 is 0 Å². The molecular weight excluding hydrogens is 274 g/mol. The summed E-state index contributed by atoms with van der Waals surface area (Å²) in [5, 5.41) is 0. The molecule has 1 rings (SSSR count). The van der Waals surface area contributed by atoms with Crippen LogP contribution in [0, 0.1) is 17.0 Å². The highest BCUT2D eigenvalue weighted by Gasteiger charge is 2.21. The molecule has 0 aliphatic heterocycles. The molecule has 0 saturated carbocycles. The maximum absolute atomic E-state index is 13.4. The number of aryl methyl sites for hydroxylation is 1. The molecule has 0 bridgehead atoms. The van der Waals surface area contributed by atoms with Gasteiger partial charge < -0.3 is 0 Å². The van der Waals surface area contributed by atoms with Crippen molar-refractivity contribution in [2.45, 2.75) is 38.4 Å². The van der Waals surface area contributed by atoms with Crippen LogP contribution >= 0.6 is 15.9 Å². The zero-order chi connectivity index (χ0) is 12.3. The Hall–Kier alpha value is -0.440. The number of hydrogen-bond acceptors (Lipinski definition) is 0. The zero-order valence-electron chi connectivity index (χ0n) is 9.86. The molecule has 0 aromatic heterocycles. The van der Waals surface area contributed by atoms with Crippen molar-refractivity contribution in [2.24, 2.45) is 5.41 Å². The van der Waals surface area contributed by atoms with Gasteiger partial charge in [0.05, 0.1) is 0 Å². The Balaban J connectivity index is 2.65. The summed E-state index contributed by atoms with van der Waals surface area (Å²) in [5.41, 5.74) is 0.581. The SMILES string of the molecule is CC(C)(C)C(Br)CCc1cccc(F)c1F. The highest BCUT2D eigenvalue weighted by Crippen LogP contribution is 2.30. The summed E-state index contributed by atoms with van der Waals surface area (Å²) in [5.74, 6) is -1.48. The fourth-order valence-corrected chi connectivity index (χ4v) is 1.69. The maximum Gasteiger partial charge on any atom is 0.162 e. The molecule has 0 aliphatic carbocycles. The molecule has 0 spiro atoms. The molecule has 0 fully saturated rings. The van der Waals surface area contributed by atoms with Crippen molar-refractivity contribution >= 4 is 15.9 Å². The van der Waals surface area contributed by atoms with E-state index in [1.54, 1.807) is 12.1 Å². The molecule has 1 unspecified atom stereocenters. The lowest BCUT2D eigenvalue weighted by atomic mass is 9.88. The van der Waals surface area contributed by atoms with Crippen molar-refractivity contribution in [3.8, 4) is 0 Å². The number of hydrogen-bond donors (Lipinski definition) is 0. The summed E-state index contributed by atoms with van der Waals surface area (Å²) in [6.07, 6.45) is 1.35. The largest absolute Gasteiger partial charge is 0.204 e. The number of benzene rings is 1. The molecule has 0 saturated heterocycles. The van der Waals surface area contributed by atoms with Gasteiger partial charge in [-0.2, -0.15) is 0 Å². The van der Waals surface area contributed by atoms with E-state index in [-0.39, 0.29) is 5.41 Å². The van der Waals surface area contributed by atoms with Crippen LogP contribution in [0.25, 0.3) is 0 Å². The molecule has 0 radical (unpaired) electrons. The van der Waals surface area contributed by atoms with E-state index < -0.39 is 11.6 Å². The summed E-state index contributed by atoms with van der Waals surface area (Å²) >= 11 is 3.58. The lowest BCUT2D eigenvalue weighted by Crippen LogP contribution is -2.20. The Morgan fingerprint density at radius 3 is 2.44 bits per heavy atom. The van der Waals surface area contributed by atoms with Gasteiger partial charge in [0.15, 0.2) is 11.6 Å². The van der Waals surface area contributed by atoms with E-state index in [4.69, 9.17) is 0 Å². The number of alkyl halides is 1. The first-order chi connectivity index (χ1) is 7.32. The second-order valence-electron chi connectivity index (χ2n) is 5.09. The maximum atomic E-state index is 13.4. The van der Waals surface area contributed by atoms with E-state index in [1.807, 2.05) is 0 Å². The van der Waals surface area contributed by atoms with E-state index >= 15 is 0 Å². The predicted molar refractivity (Wildman–Crippen MR) is 66.8 cm³/mol. The third-order valence-electron chi connectivity index (χ3n) is 2.64. The molecule has 0 amide bonds. The predicted octanol–water partition coefficient (Wildman–Crippen LogP) is 4.71. The molecule has 0 heterocycles. The Labute approximate surface area is 104 Å². The molecule has 3 heteroatoms. The first-order valence-electron chi connectivity index (χ1n) is 5.39. The Morgan fingerprint density at radius 1 is 1.25 bits per heavy atom. The van der Waals surface area contributed by atoms with Crippen LogP contribution in [0.2, 0.25) is 0 Å². The van der Waals surface area contributed by atoms with Crippen LogP contribution in [0.1, 0.15) is 32.8 Å². The van der Waals surface area contributed by atoms with Gasteiger partial charge in [-0.15, -0.1) is 0 Å². The van der Waals surface area contributed by atoms with E-state index in [0.717, 1.165) is 12.5 Å². The number of rotatable bonds is 3. The van der Waals surface area contributed by atoms with Crippen LogP contribution in [0.3, 0.4) is 0 Å². The van der Waals surface area contributed by atoms with Crippen LogP contribution < -0.4 is 0 Å². The average molecular weight is 291 g/mol. The quantitative estimate of drug-likeness (QED) is 0.708. The van der Waals surface area contributed by atoms with E-state index in [0.29, 0.717) is 16.8 Å². The molecular formula is C13H17BrF2. The molecule has 1 aromatic rings. The van der Waals surface area contributed by atoms with Gasteiger partial charge in [-0.25, -0.2) is 8.78 Å². The number of halogens is 3. The van der Waals surface area contributed by atoms with Crippen molar-refractivity contribution in [3.05, 3.63) is 35.4 Å². The van der Waals surface area contributed by atoms with Crippen molar-refractivity contribution in [1.29, 1.82) is 0 Å². The smallest absolute Gasteiger partial charge is 0.162 e. The van der Waals surface area contributed by atoms with E-state index in [2.05, 4.69) is 36.7 Å². The molecule has 90 valence electrons. The molecule has 0 N–H and O–H groups in total. The minimum atomic E-state index is -0.764. The summed E-state index contributed by atoms with van der Waals surface area (Å²) < 4.78 is 26.3. The van der Waals surface area contributed by atoms with Crippen molar-refractivity contribution < 1.29 is 8.78 Å². The zero-order valence-corrected chi connectivity index (χ0v) is 11.4. The van der Waals surface area contributed by atoms with Gasteiger partial charge in [0.25, 0.3) is 0 Å². The summed E-state index contributed by atoms with van der Waals surface area (Å²) in [6.45, 7) is 6.36. The third kappa shape index (κ3) is 3.55. The summed E-state index contributed by atoms with van der Waals surface area (Å²) in [4.78, 5) is 0.294. The Bertz CT molecular complexity index is 355. The fourth-order valence-electron chi connectivity index (χ4n) is 1.46. The first kappa shape index (κ1) is 13.6. The molecule has 0 nitrogen and oxygen atoms in total. The monoisotopic (exact) mass is 290 g/mol. The Morgan fingerprint density at radius 2 is 1.88 bits per heavy atom. The second-order valence-corrected chi connectivity index (χ2v) is 6.19. The first-order valence-corrected chi connectivity index (χ1v) is 6.31. The van der Waals surface area contributed by atoms with Crippen molar-refractivity contribution in [2.75, 3.05) is 0 Å². The van der Waals surface area contributed by atoms with Crippen LogP contribution in [0.5, 0.6) is 0 Å². The minimum Gasteiger partial charge on any atom is -0.204 e. The van der Waals surface area contributed by atoms with Crippen molar-refractivity contribution in [1.82, 2.24) is 0 Å². The Kier molecular flexibility index (Phi) is 4.48. The normalized spacial score (nSPS) is 13.9. The summed E-state index contributed by atoms with van der Waals surface area (Å²) in [7, 11) is 0. The van der Waals surface area contributed by atoms with Gasteiger partial charge in [0, 0.05) is 4.83 Å². The lowest BCUT2D eigenvalue weighted by molar-refractivity contribution is 0.383.